The molecular weight excluding hydrogens is 372 g/mol. The first-order valence-corrected chi connectivity index (χ1v) is 9.57. The Hall–Kier alpha value is -2.81. The minimum absolute atomic E-state index is 0.0954. The minimum Gasteiger partial charge on any atom is -0.486 e. The van der Waals surface area contributed by atoms with Gasteiger partial charge in [-0.25, -0.2) is 4.98 Å². The summed E-state index contributed by atoms with van der Waals surface area (Å²) in [6.07, 6.45) is 2.62. The lowest BCUT2D eigenvalue weighted by atomic mass is 9.88. The lowest BCUT2D eigenvalue weighted by molar-refractivity contribution is 0.0474. The van der Waals surface area contributed by atoms with Crippen LogP contribution in [0.1, 0.15) is 30.8 Å². The summed E-state index contributed by atoms with van der Waals surface area (Å²) in [6.45, 7) is 4.75. The molecule has 28 heavy (non-hydrogen) atoms. The van der Waals surface area contributed by atoms with Crippen molar-refractivity contribution in [1.29, 1.82) is 5.26 Å². The number of benzene rings is 2. The van der Waals surface area contributed by atoms with Crippen molar-refractivity contribution in [3.05, 3.63) is 70.6 Å². The molecule has 1 aliphatic rings. The first-order valence-electron chi connectivity index (χ1n) is 9.20. The van der Waals surface area contributed by atoms with Gasteiger partial charge in [-0.2, -0.15) is 5.26 Å². The van der Waals surface area contributed by atoms with E-state index in [4.69, 9.17) is 21.6 Å². The molecule has 3 aromatic rings. The number of rotatable bonds is 4. The van der Waals surface area contributed by atoms with Gasteiger partial charge in [-0.3, -0.25) is 0 Å². The quantitative estimate of drug-likeness (QED) is 0.686. The Morgan fingerprint density at radius 2 is 2.07 bits per heavy atom. The maximum atomic E-state index is 9.15. The Morgan fingerprint density at radius 1 is 1.29 bits per heavy atom. The molecule has 0 saturated carbocycles. The van der Waals surface area contributed by atoms with Gasteiger partial charge in [0, 0.05) is 5.02 Å². The monoisotopic (exact) mass is 392 g/mol. The van der Waals surface area contributed by atoms with Gasteiger partial charge in [0.2, 0.25) is 0 Å². The summed E-state index contributed by atoms with van der Waals surface area (Å²) in [7, 11) is 0. The van der Waals surface area contributed by atoms with E-state index < -0.39 is 0 Å². The highest BCUT2D eigenvalue weighted by Crippen LogP contribution is 2.34. The van der Waals surface area contributed by atoms with Gasteiger partial charge in [0.05, 0.1) is 36.1 Å². The standard InChI is InChI=1S/C22H21ClN4O/c1-22(2)20(10-16-9-14(11-24)3-8-19(16)28-22)25-13-21-26-12-18(27-21)15-4-6-17(23)7-5-15/h3-9,12,20,25H,10,13H2,1-2H3,(H,26,27). The van der Waals surface area contributed by atoms with E-state index in [9.17, 15) is 0 Å². The Labute approximate surface area is 169 Å². The van der Waals surface area contributed by atoms with Gasteiger partial charge in [0.1, 0.15) is 17.2 Å². The number of H-pyrrole nitrogens is 1. The van der Waals surface area contributed by atoms with Crippen LogP contribution in [0.25, 0.3) is 11.3 Å². The SMILES string of the molecule is CC1(C)Oc2ccc(C#N)cc2CC1NCc1ncc(-c2ccc(Cl)cc2)[nH]1. The van der Waals surface area contributed by atoms with E-state index in [0.29, 0.717) is 17.1 Å². The molecule has 0 saturated heterocycles. The Kier molecular flexibility index (Phi) is 4.84. The Bertz CT molecular complexity index is 1030. The van der Waals surface area contributed by atoms with Crippen molar-refractivity contribution in [2.75, 3.05) is 0 Å². The lowest BCUT2D eigenvalue weighted by Crippen LogP contribution is -2.54. The van der Waals surface area contributed by atoms with Gasteiger partial charge in [-0.05, 0) is 61.7 Å². The van der Waals surface area contributed by atoms with Crippen LogP contribution >= 0.6 is 11.6 Å². The number of nitrogens with zero attached hydrogens (tertiary/aromatic N) is 2. The minimum atomic E-state index is -0.368. The normalized spacial score (nSPS) is 17.4. The molecule has 142 valence electrons. The third kappa shape index (κ3) is 3.75. The van der Waals surface area contributed by atoms with Gasteiger partial charge in [-0.15, -0.1) is 0 Å². The maximum absolute atomic E-state index is 9.15. The molecule has 0 fully saturated rings. The van der Waals surface area contributed by atoms with Gasteiger partial charge in [-0.1, -0.05) is 23.7 Å². The molecule has 2 heterocycles. The van der Waals surface area contributed by atoms with Crippen LogP contribution < -0.4 is 10.1 Å². The summed E-state index contributed by atoms with van der Waals surface area (Å²) in [5.41, 5.74) is 3.34. The van der Waals surface area contributed by atoms with Crippen LogP contribution in [0.15, 0.2) is 48.7 Å². The molecule has 4 rings (SSSR count). The van der Waals surface area contributed by atoms with Crippen LogP contribution in [0.3, 0.4) is 0 Å². The highest BCUT2D eigenvalue weighted by Gasteiger charge is 2.36. The number of aromatic nitrogens is 2. The summed E-state index contributed by atoms with van der Waals surface area (Å²) in [4.78, 5) is 7.84. The van der Waals surface area contributed by atoms with Crippen LogP contribution in [0.2, 0.25) is 5.02 Å². The lowest BCUT2D eigenvalue weighted by Gasteiger charge is -2.40. The molecule has 6 heteroatoms. The van der Waals surface area contributed by atoms with Crippen molar-refractivity contribution < 1.29 is 4.74 Å². The Morgan fingerprint density at radius 3 is 2.82 bits per heavy atom. The van der Waals surface area contributed by atoms with E-state index in [-0.39, 0.29) is 11.6 Å². The van der Waals surface area contributed by atoms with Crippen molar-refractivity contribution in [2.45, 2.75) is 38.5 Å². The molecule has 0 spiro atoms. The van der Waals surface area contributed by atoms with E-state index in [0.717, 1.165) is 34.8 Å². The number of ether oxygens (including phenoxy) is 1. The van der Waals surface area contributed by atoms with E-state index in [1.807, 2.05) is 42.6 Å². The number of aromatic amines is 1. The van der Waals surface area contributed by atoms with Crippen molar-refractivity contribution >= 4 is 11.6 Å². The zero-order chi connectivity index (χ0) is 19.7. The molecule has 0 radical (unpaired) electrons. The molecule has 0 bridgehead atoms. The Balaban J connectivity index is 1.47. The second-order valence-corrected chi connectivity index (χ2v) is 7.96. The molecule has 0 aliphatic carbocycles. The van der Waals surface area contributed by atoms with Crippen LogP contribution in [-0.2, 0) is 13.0 Å². The summed E-state index contributed by atoms with van der Waals surface area (Å²) < 4.78 is 6.19. The second kappa shape index (κ2) is 7.31. The zero-order valence-electron chi connectivity index (χ0n) is 15.8. The third-order valence-electron chi connectivity index (χ3n) is 5.13. The van der Waals surface area contributed by atoms with Gasteiger partial charge < -0.3 is 15.0 Å². The third-order valence-corrected chi connectivity index (χ3v) is 5.38. The smallest absolute Gasteiger partial charge is 0.123 e. The highest BCUT2D eigenvalue weighted by atomic mass is 35.5. The van der Waals surface area contributed by atoms with Crippen LogP contribution in [0.4, 0.5) is 0 Å². The number of hydrogen-bond acceptors (Lipinski definition) is 4. The second-order valence-electron chi connectivity index (χ2n) is 7.53. The number of nitrogens with one attached hydrogen (secondary N) is 2. The summed E-state index contributed by atoms with van der Waals surface area (Å²) in [5, 5.41) is 13.4. The zero-order valence-corrected chi connectivity index (χ0v) is 16.5. The molecule has 5 nitrogen and oxygen atoms in total. The molecule has 1 aromatic heterocycles. The van der Waals surface area contributed by atoms with Crippen LogP contribution in [0, 0.1) is 11.3 Å². The van der Waals surface area contributed by atoms with Crippen molar-refractivity contribution in [3.8, 4) is 23.1 Å². The van der Waals surface area contributed by atoms with Crippen molar-refractivity contribution in [3.63, 3.8) is 0 Å². The molecule has 1 aliphatic heterocycles. The molecule has 1 unspecified atom stereocenters. The number of fused-ring (bicyclic) bond motifs is 1. The predicted octanol–water partition coefficient (Wildman–Crippen LogP) is 4.47. The van der Waals surface area contributed by atoms with Crippen LogP contribution in [0.5, 0.6) is 5.75 Å². The molecule has 2 N–H and O–H groups in total. The number of halogens is 1. The fraction of sp³-hybridized carbons (Fsp3) is 0.273. The predicted molar refractivity (Wildman–Crippen MR) is 109 cm³/mol. The first kappa shape index (κ1) is 18.5. The molecule has 1 atom stereocenters. The number of hydrogen-bond donors (Lipinski definition) is 2. The average Bonchev–Trinajstić information content (AvgIpc) is 3.15. The maximum Gasteiger partial charge on any atom is 0.123 e. The van der Waals surface area contributed by atoms with Gasteiger partial charge in [0.25, 0.3) is 0 Å². The highest BCUT2D eigenvalue weighted by molar-refractivity contribution is 6.30. The van der Waals surface area contributed by atoms with E-state index in [1.165, 1.54) is 0 Å². The van der Waals surface area contributed by atoms with E-state index in [2.05, 4.69) is 35.2 Å². The summed E-state index contributed by atoms with van der Waals surface area (Å²) in [6, 6.07) is 15.5. The molecule has 0 amide bonds. The largest absolute Gasteiger partial charge is 0.486 e. The summed E-state index contributed by atoms with van der Waals surface area (Å²) in [5.74, 6) is 1.71. The summed E-state index contributed by atoms with van der Waals surface area (Å²) >= 11 is 5.96. The molecular formula is C22H21ClN4O. The van der Waals surface area contributed by atoms with E-state index >= 15 is 0 Å². The van der Waals surface area contributed by atoms with E-state index in [1.54, 1.807) is 6.07 Å². The molecule has 2 aromatic carbocycles. The van der Waals surface area contributed by atoms with Crippen LogP contribution in [-0.4, -0.2) is 21.6 Å². The first-order chi connectivity index (χ1) is 13.4. The number of nitriles is 1. The fourth-order valence-corrected chi connectivity index (χ4v) is 3.62. The fourth-order valence-electron chi connectivity index (χ4n) is 3.49. The van der Waals surface area contributed by atoms with Crippen molar-refractivity contribution in [1.82, 2.24) is 15.3 Å². The topological polar surface area (TPSA) is 73.7 Å². The van der Waals surface area contributed by atoms with Gasteiger partial charge in [0.15, 0.2) is 0 Å². The number of imidazole rings is 1. The average molecular weight is 393 g/mol. The van der Waals surface area contributed by atoms with Gasteiger partial charge >= 0.3 is 0 Å². The van der Waals surface area contributed by atoms with Crippen molar-refractivity contribution in [2.24, 2.45) is 0 Å².